The smallest absolute Gasteiger partial charge is 0.369 e. The lowest BCUT2D eigenvalue weighted by Crippen LogP contribution is -2.23. The molecule has 7 heteroatoms. The van der Waals surface area contributed by atoms with Crippen molar-refractivity contribution in [3.05, 3.63) is 0 Å². The number of halogens is 1. The molecule has 0 atom stereocenters. The molecule has 0 aliphatic rings. The molecule has 0 saturated heterocycles. The van der Waals surface area contributed by atoms with E-state index in [4.69, 9.17) is 0 Å². The summed E-state index contributed by atoms with van der Waals surface area (Å²) in [6.45, 7) is 0. The molecule has 4 N–H and O–H groups in total. The molecule has 0 bridgehead atoms. The third-order valence-corrected chi connectivity index (χ3v) is 0.643. The number of hydrogen-bond donors (Lipinski definition) is 2. The minimum atomic E-state index is -4.89. The van der Waals surface area contributed by atoms with Crippen LogP contribution in [0.5, 0.6) is 0 Å². The third-order valence-electron chi connectivity index (χ3n) is 0.214. The van der Waals surface area contributed by atoms with Gasteiger partial charge in [0, 0.05) is 0 Å². The number of rotatable bonds is 1. The van der Waals surface area contributed by atoms with Gasteiger partial charge in [-0.1, -0.05) is 3.89 Å². The van der Waals surface area contributed by atoms with Gasteiger partial charge in [-0.2, -0.15) is 8.42 Å². The Morgan fingerprint density at radius 2 is 1.88 bits per heavy atom. The van der Waals surface area contributed by atoms with Crippen LogP contribution in [-0.4, -0.2) is 14.4 Å². The quantitative estimate of drug-likeness (QED) is 0.263. The van der Waals surface area contributed by atoms with E-state index in [-0.39, 0.29) is 0 Å². The van der Waals surface area contributed by atoms with Crippen molar-refractivity contribution in [1.29, 1.82) is 0 Å². The lowest BCUT2D eigenvalue weighted by Gasteiger charge is -1.82. The van der Waals surface area contributed by atoms with Gasteiger partial charge in [0.15, 0.2) is 0 Å². The molecule has 0 spiro atoms. The van der Waals surface area contributed by atoms with Gasteiger partial charge in [-0.05, 0) is 0 Å². The van der Waals surface area contributed by atoms with Crippen molar-refractivity contribution in [2.24, 2.45) is 15.9 Å². The molecular weight excluding hydrogens is 137 g/mol. The van der Waals surface area contributed by atoms with E-state index >= 15 is 0 Å². The van der Waals surface area contributed by atoms with Gasteiger partial charge in [0.05, 0.1) is 0 Å². The van der Waals surface area contributed by atoms with E-state index in [0.29, 0.717) is 0 Å². The average Bonchev–Trinajstić information content (AvgIpc) is 1.21. The fraction of sp³-hybridized carbons (Fsp3) is 0. The topological polar surface area (TPSA) is 98.5 Å². The Balaban J connectivity index is 4.36. The fourth-order valence-electron chi connectivity index (χ4n) is 0.126. The standard InChI is InChI=1S/CH4FN3O2S/c2-8(6,7)5-1(3)4/h(H4,3,4,5). The van der Waals surface area contributed by atoms with Crippen LogP contribution in [0.15, 0.2) is 4.40 Å². The zero-order chi connectivity index (χ0) is 6.78. The summed E-state index contributed by atoms with van der Waals surface area (Å²) in [6.07, 6.45) is 0. The van der Waals surface area contributed by atoms with Crippen molar-refractivity contribution >= 4 is 16.4 Å². The maximum atomic E-state index is 11.3. The zero-order valence-corrected chi connectivity index (χ0v) is 4.52. The number of nitrogens with two attached hydrogens (primary N) is 2. The largest absolute Gasteiger partial charge is 0.421 e. The molecule has 0 fully saturated rings. The van der Waals surface area contributed by atoms with Crippen molar-refractivity contribution in [2.45, 2.75) is 0 Å². The van der Waals surface area contributed by atoms with E-state index < -0.39 is 16.4 Å². The second-order valence-electron chi connectivity index (χ2n) is 0.928. The first-order chi connectivity index (χ1) is 3.42. The van der Waals surface area contributed by atoms with Crippen LogP contribution >= 0.6 is 0 Å². The van der Waals surface area contributed by atoms with Crippen LogP contribution in [-0.2, 0) is 10.4 Å². The SMILES string of the molecule is NC(N)=NS(=O)(=O)F. The Labute approximate surface area is 45.5 Å². The first-order valence-corrected chi connectivity index (χ1v) is 2.81. The summed E-state index contributed by atoms with van der Waals surface area (Å²) in [5.74, 6) is -0.812. The molecule has 0 aliphatic heterocycles. The molecule has 0 rings (SSSR count). The van der Waals surface area contributed by atoms with Crippen molar-refractivity contribution in [1.82, 2.24) is 0 Å². The maximum Gasteiger partial charge on any atom is 0.421 e. The van der Waals surface area contributed by atoms with E-state index in [9.17, 15) is 12.3 Å². The Morgan fingerprint density at radius 1 is 1.50 bits per heavy atom. The van der Waals surface area contributed by atoms with Gasteiger partial charge in [0.25, 0.3) is 0 Å². The predicted molar refractivity (Wildman–Crippen MR) is 25.8 cm³/mol. The zero-order valence-electron chi connectivity index (χ0n) is 3.70. The minimum Gasteiger partial charge on any atom is -0.369 e. The van der Waals surface area contributed by atoms with Crippen molar-refractivity contribution in [3.63, 3.8) is 0 Å². The van der Waals surface area contributed by atoms with Gasteiger partial charge in [-0.15, -0.1) is 4.40 Å². The van der Waals surface area contributed by atoms with Crippen molar-refractivity contribution in [3.8, 4) is 0 Å². The highest BCUT2D eigenvalue weighted by Crippen LogP contribution is 1.88. The molecule has 0 saturated carbocycles. The molecule has 0 unspecified atom stereocenters. The van der Waals surface area contributed by atoms with Crippen LogP contribution in [0.25, 0.3) is 0 Å². The highest BCUT2D eigenvalue weighted by Gasteiger charge is 2.00. The maximum absolute atomic E-state index is 11.3. The molecule has 0 aromatic rings. The first kappa shape index (κ1) is 7.15. The molecule has 0 heterocycles. The van der Waals surface area contributed by atoms with Crippen LogP contribution in [0.4, 0.5) is 3.89 Å². The highest BCUT2D eigenvalue weighted by molar-refractivity contribution is 7.85. The van der Waals surface area contributed by atoms with Crippen LogP contribution in [0.3, 0.4) is 0 Å². The summed E-state index contributed by atoms with van der Waals surface area (Å²) in [4.78, 5) is 0. The lowest BCUT2D eigenvalue weighted by molar-refractivity contribution is 0.554. The monoisotopic (exact) mass is 141 g/mol. The summed E-state index contributed by atoms with van der Waals surface area (Å²) in [6, 6.07) is 0. The summed E-state index contributed by atoms with van der Waals surface area (Å²) >= 11 is 0. The second kappa shape index (κ2) is 1.95. The Hall–Kier alpha value is -0.850. The molecule has 8 heavy (non-hydrogen) atoms. The molecule has 0 aromatic heterocycles. The number of guanidine groups is 1. The van der Waals surface area contributed by atoms with Crippen molar-refractivity contribution in [2.75, 3.05) is 0 Å². The fourth-order valence-corrected chi connectivity index (χ4v) is 0.378. The van der Waals surface area contributed by atoms with E-state index in [1.165, 1.54) is 0 Å². The number of nitrogens with zero attached hydrogens (tertiary/aromatic N) is 1. The van der Waals surface area contributed by atoms with Gasteiger partial charge in [0.2, 0.25) is 5.96 Å². The van der Waals surface area contributed by atoms with E-state index in [1.54, 1.807) is 0 Å². The number of hydrogen-bond acceptors (Lipinski definition) is 2. The van der Waals surface area contributed by atoms with E-state index in [2.05, 4.69) is 15.9 Å². The summed E-state index contributed by atoms with van der Waals surface area (Å²) in [5, 5.41) is 0. The van der Waals surface area contributed by atoms with Gasteiger partial charge < -0.3 is 11.5 Å². The lowest BCUT2D eigenvalue weighted by atomic mass is 11.1. The van der Waals surface area contributed by atoms with E-state index in [0.717, 1.165) is 0 Å². The van der Waals surface area contributed by atoms with Crippen LogP contribution in [0.2, 0.25) is 0 Å². The molecular formula is CH4FN3O2S. The Kier molecular flexibility index (Phi) is 1.74. The minimum absolute atomic E-state index is 0.812. The summed E-state index contributed by atoms with van der Waals surface area (Å²) in [5.41, 5.74) is 8.97. The summed E-state index contributed by atoms with van der Waals surface area (Å²) in [7, 11) is -4.89. The molecule has 0 amide bonds. The van der Waals surface area contributed by atoms with E-state index in [1.807, 2.05) is 0 Å². The predicted octanol–water partition coefficient (Wildman–Crippen LogP) is -1.53. The van der Waals surface area contributed by atoms with Crippen LogP contribution in [0.1, 0.15) is 0 Å². The van der Waals surface area contributed by atoms with Gasteiger partial charge >= 0.3 is 10.4 Å². The van der Waals surface area contributed by atoms with Crippen molar-refractivity contribution < 1.29 is 12.3 Å². The Morgan fingerprint density at radius 3 is 1.88 bits per heavy atom. The highest BCUT2D eigenvalue weighted by atomic mass is 32.3. The van der Waals surface area contributed by atoms with Crippen LogP contribution < -0.4 is 11.5 Å². The molecule has 0 aliphatic carbocycles. The molecule has 0 radical (unpaired) electrons. The normalized spacial score (nSPS) is 10.6. The average molecular weight is 141 g/mol. The second-order valence-corrected chi connectivity index (χ2v) is 1.94. The Bertz CT molecular complexity index is 189. The first-order valence-electron chi connectivity index (χ1n) is 1.47. The van der Waals surface area contributed by atoms with Gasteiger partial charge in [-0.3, -0.25) is 0 Å². The summed E-state index contributed by atoms with van der Waals surface area (Å²) < 4.78 is 32.3. The molecule has 0 aromatic carbocycles. The van der Waals surface area contributed by atoms with Crippen LogP contribution in [0, 0.1) is 0 Å². The molecule has 48 valence electrons. The molecule has 5 nitrogen and oxygen atoms in total. The van der Waals surface area contributed by atoms with Gasteiger partial charge in [0.1, 0.15) is 0 Å². The third kappa shape index (κ3) is 5.15. The van der Waals surface area contributed by atoms with Gasteiger partial charge in [-0.25, -0.2) is 0 Å².